The van der Waals surface area contributed by atoms with Gasteiger partial charge in [0.25, 0.3) is 0 Å². The van der Waals surface area contributed by atoms with Gasteiger partial charge in [-0.25, -0.2) is 0 Å². The van der Waals surface area contributed by atoms with Gasteiger partial charge in [0, 0.05) is 23.4 Å². The second-order valence-corrected chi connectivity index (χ2v) is 4.27. The van der Waals surface area contributed by atoms with Crippen LogP contribution < -0.4 is 5.48 Å². The van der Waals surface area contributed by atoms with Crippen LogP contribution in [0.15, 0.2) is 33.7 Å². The third-order valence-electron chi connectivity index (χ3n) is 2.41. The molecular formula is C10H11BrN2O. The summed E-state index contributed by atoms with van der Waals surface area (Å²) < 4.78 is 1.08. The van der Waals surface area contributed by atoms with Crippen molar-refractivity contribution in [3.8, 4) is 0 Å². The minimum absolute atomic E-state index is 0.401. The van der Waals surface area contributed by atoms with Gasteiger partial charge < -0.3 is 0 Å². The fourth-order valence-electron chi connectivity index (χ4n) is 1.62. The highest BCUT2D eigenvalue weighted by atomic mass is 79.9. The summed E-state index contributed by atoms with van der Waals surface area (Å²) in [6.07, 6.45) is 0.790. The Kier molecular flexibility index (Phi) is 2.84. The number of hydrogen-bond donors (Lipinski definition) is 2. The smallest absolute Gasteiger partial charge is 0.121 e. The van der Waals surface area contributed by atoms with Gasteiger partial charge >= 0.3 is 0 Å². The maximum absolute atomic E-state index is 8.69. The fourth-order valence-corrected chi connectivity index (χ4v) is 1.89. The van der Waals surface area contributed by atoms with Crippen LogP contribution >= 0.6 is 15.9 Å². The summed E-state index contributed by atoms with van der Waals surface area (Å²) in [6.45, 7) is 0.754. The maximum atomic E-state index is 8.69. The second-order valence-electron chi connectivity index (χ2n) is 3.35. The lowest BCUT2D eigenvalue weighted by atomic mass is 9.98. The van der Waals surface area contributed by atoms with Gasteiger partial charge in [-0.15, -0.1) is 0 Å². The summed E-state index contributed by atoms with van der Waals surface area (Å²) in [5.74, 6) is 1.08. The van der Waals surface area contributed by atoms with E-state index in [0.29, 0.717) is 11.8 Å². The third-order valence-corrected chi connectivity index (χ3v) is 2.94. The zero-order valence-corrected chi connectivity index (χ0v) is 9.16. The quantitative estimate of drug-likeness (QED) is 0.756. The van der Waals surface area contributed by atoms with Crippen LogP contribution in [0, 0.1) is 0 Å². The van der Waals surface area contributed by atoms with Gasteiger partial charge in [0.1, 0.15) is 5.84 Å². The van der Waals surface area contributed by atoms with Crippen molar-refractivity contribution < 1.29 is 5.21 Å². The summed E-state index contributed by atoms with van der Waals surface area (Å²) in [4.78, 5) is 4.18. The summed E-state index contributed by atoms with van der Waals surface area (Å²) in [5.41, 5.74) is 3.38. The number of aliphatic imine (C=N–C) groups is 1. The Balaban J connectivity index is 2.08. The van der Waals surface area contributed by atoms with Crippen molar-refractivity contribution >= 4 is 21.8 Å². The molecule has 2 rings (SSSR count). The van der Waals surface area contributed by atoms with E-state index in [9.17, 15) is 0 Å². The number of hydrogen-bond acceptors (Lipinski definition) is 3. The van der Waals surface area contributed by atoms with Gasteiger partial charge in [0.2, 0.25) is 0 Å². The summed E-state index contributed by atoms with van der Waals surface area (Å²) in [5, 5.41) is 8.69. The first-order valence-electron chi connectivity index (χ1n) is 4.48. The molecule has 0 amide bonds. The molecule has 0 saturated carbocycles. The fraction of sp³-hybridized carbons (Fsp3) is 0.300. The number of benzene rings is 1. The highest BCUT2D eigenvalue weighted by molar-refractivity contribution is 9.10. The zero-order valence-electron chi connectivity index (χ0n) is 7.57. The van der Waals surface area contributed by atoms with Gasteiger partial charge in [0.05, 0.1) is 0 Å². The summed E-state index contributed by atoms with van der Waals surface area (Å²) in [7, 11) is 0. The van der Waals surface area contributed by atoms with Gasteiger partial charge in [-0.2, -0.15) is 0 Å². The van der Waals surface area contributed by atoms with Crippen molar-refractivity contribution in [2.24, 2.45) is 4.99 Å². The van der Waals surface area contributed by atoms with E-state index in [2.05, 4.69) is 38.5 Å². The Bertz CT molecular complexity index is 348. The highest BCUT2D eigenvalue weighted by Gasteiger charge is 2.19. The predicted octanol–water partition coefficient (Wildman–Crippen LogP) is 2.31. The summed E-state index contributed by atoms with van der Waals surface area (Å²) in [6, 6.07) is 8.23. The van der Waals surface area contributed by atoms with Gasteiger partial charge in [-0.05, 0) is 17.7 Å². The molecule has 0 aliphatic carbocycles. The van der Waals surface area contributed by atoms with Crippen LogP contribution in [0.1, 0.15) is 17.9 Å². The van der Waals surface area contributed by atoms with E-state index in [1.807, 2.05) is 12.1 Å². The molecule has 1 unspecified atom stereocenters. The van der Waals surface area contributed by atoms with Crippen LogP contribution in [0.4, 0.5) is 0 Å². The molecule has 3 nitrogen and oxygen atoms in total. The minimum Gasteiger partial charge on any atom is -0.290 e. The second kappa shape index (κ2) is 4.11. The topological polar surface area (TPSA) is 44.6 Å². The molecule has 0 radical (unpaired) electrons. The Morgan fingerprint density at radius 2 is 2.07 bits per heavy atom. The largest absolute Gasteiger partial charge is 0.290 e. The van der Waals surface area contributed by atoms with Crippen molar-refractivity contribution in [2.45, 2.75) is 12.3 Å². The lowest BCUT2D eigenvalue weighted by Gasteiger charge is -2.08. The van der Waals surface area contributed by atoms with Crippen LogP contribution in [0.3, 0.4) is 0 Å². The molecule has 2 N–H and O–H groups in total. The SMILES string of the molecule is ONC1=NCC(c2ccc(Br)cc2)C1. The van der Waals surface area contributed by atoms with E-state index in [1.165, 1.54) is 5.56 Å². The highest BCUT2D eigenvalue weighted by Crippen LogP contribution is 2.25. The van der Waals surface area contributed by atoms with E-state index >= 15 is 0 Å². The minimum atomic E-state index is 0.401. The van der Waals surface area contributed by atoms with E-state index < -0.39 is 0 Å². The first-order chi connectivity index (χ1) is 6.79. The Hall–Kier alpha value is -0.870. The first-order valence-corrected chi connectivity index (χ1v) is 5.28. The average Bonchev–Trinajstić information content (AvgIpc) is 2.67. The van der Waals surface area contributed by atoms with Gasteiger partial charge in [-0.3, -0.25) is 15.7 Å². The van der Waals surface area contributed by atoms with Crippen LogP contribution in [-0.2, 0) is 0 Å². The molecule has 1 aliphatic heterocycles. The van der Waals surface area contributed by atoms with Gasteiger partial charge in [-0.1, -0.05) is 28.1 Å². The Morgan fingerprint density at radius 3 is 2.64 bits per heavy atom. The molecule has 0 aromatic heterocycles. The van der Waals surface area contributed by atoms with Crippen molar-refractivity contribution in [3.05, 3.63) is 34.3 Å². The molecule has 0 fully saturated rings. The van der Waals surface area contributed by atoms with Crippen LogP contribution in [-0.4, -0.2) is 17.6 Å². The summed E-state index contributed by atoms with van der Waals surface area (Å²) >= 11 is 3.40. The molecule has 1 aromatic carbocycles. The van der Waals surface area contributed by atoms with Crippen molar-refractivity contribution in [1.29, 1.82) is 0 Å². The van der Waals surface area contributed by atoms with E-state index in [0.717, 1.165) is 17.4 Å². The first kappa shape index (κ1) is 9.68. The molecule has 1 aromatic rings. The predicted molar refractivity (Wildman–Crippen MR) is 58.7 cm³/mol. The molecule has 0 saturated heterocycles. The molecule has 4 heteroatoms. The molecule has 14 heavy (non-hydrogen) atoms. The number of amidine groups is 1. The monoisotopic (exact) mass is 254 g/mol. The lowest BCUT2D eigenvalue weighted by molar-refractivity contribution is 0.232. The van der Waals surface area contributed by atoms with E-state index in [1.54, 1.807) is 0 Å². The number of hydroxylamine groups is 1. The van der Waals surface area contributed by atoms with Crippen LogP contribution in [0.5, 0.6) is 0 Å². The van der Waals surface area contributed by atoms with Gasteiger partial charge in [0.15, 0.2) is 0 Å². The standard InChI is InChI=1S/C10H11BrN2O/c11-9-3-1-7(2-4-9)8-5-10(13-14)12-6-8/h1-4,8,14H,5-6H2,(H,12,13). The van der Waals surface area contributed by atoms with Crippen molar-refractivity contribution in [3.63, 3.8) is 0 Å². The van der Waals surface area contributed by atoms with Crippen LogP contribution in [0.2, 0.25) is 0 Å². The van der Waals surface area contributed by atoms with E-state index in [-0.39, 0.29) is 0 Å². The zero-order chi connectivity index (χ0) is 9.97. The number of nitrogens with one attached hydrogen (secondary N) is 1. The Morgan fingerprint density at radius 1 is 1.36 bits per heavy atom. The van der Waals surface area contributed by atoms with E-state index in [4.69, 9.17) is 5.21 Å². The molecule has 0 spiro atoms. The number of rotatable bonds is 1. The number of halogens is 1. The molecular weight excluding hydrogens is 244 g/mol. The molecule has 1 aliphatic rings. The van der Waals surface area contributed by atoms with Crippen molar-refractivity contribution in [1.82, 2.24) is 5.48 Å². The molecule has 1 heterocycles. The Labute approximate surface area is 90.9 Å². The lowest BCUT2D eigenvalue weighted by Crippen LogP contribution is -2.16. The normalized spacial score (nSPS) is 20.7. The molecule has 0 bridgehead atoms. The average molecular weight is 255 g/mol. The van der Waals surface area contributed by atoms with Crippen molar-refractivity contribution in [2.75, 3.05) is 6.54 Å². The molecule has 74 valence electrons. The maximum Gasteiger partial charge on any atom is 0.121 e. The number of nitrogens with zero attached hydrogens (tertiary/aromatic N) is 1. The van der Waals surface area contributed by atoms with Crippen LogP contribution in [0.25, 0.3) is 0 Å². The molecule has 1 atom stereocenters. The third kappa shape index (κ3) is 1.96.